The molecule has 0 spiro atoms. The Labute approximate surface area is 130 Å². The van der Waals surface area contributed by atoms with Crippen molar-refractivity contribution in [3.8, 4) is 5.88 Å². The first-order valence-electron chi connectivity index (χ1n) is 7.76. The smallest absolute Gasteiger partial charge is 0.228 e. The zero-order chi connectivity index (χ0) is 15.5. The summed E-state index contributed by atoms with van der Waals surface area (Å²) in [6.07, 6.45) is 2.68. The highest BCUT2D eigenvalue weighted by Gasteiger charge is 2.31. The monoisotopic (exact) mass is 305 g/mol. The number of carbonyl (C=O) groups is 1. The van der Waals surface area contributed by atoms with Gasteiger partial charge in [0.15, 0.2) is 0 Å². The molecule has 3 rings (SSSR count). The summed E-state index contributed by atoms with van der Waals surface area (Å²) in [7, 11) is 3.67. The van der Waals surface area contributed by atoms with Gasteiger partial charge in [-0.3, -0.25) is 4.79 Å². The van der Waals surface area contributed by atoms with Crippen molar-refractivity contribution in [1.29, 1.82) is 0 Å². The predicted molar refractivity (Wildman–Crippen MR) is 83.0 cm³/mol. The number of anilines is 1. The van der Waals surface area contributed by atoms with Crippen molar-refractivity contribution < 1.29 is 9.53 Å². The van der Waals surface area contributed by atoms with Gasteiger partial charge < -0.3 is 19.4 Å². The van der Waals surface area contributed by atoms with E-state index in [4.69, 9.17) is 4.74 Å². The maximum Gasteiger partial charge on any atom is 0.228 e. The molecule has 3 heterocycles. The normalized spacial score (nSPS) is 22.9. The number of amides is 1. The first-order chi connectivity index (χ1) is 10.7. The van der Waals surface area contributed by atoms with Gasteiger partial charge in [-0.15, -0.1) is 0 Å². The summed E-state index contributed by atoms with van der Waals surface area (Å²) in [5.74, 6) is 1.71. The fraction of sp³-hybridized carbons (Fsp3) is 0.667. The van der Waals surface area contributed by atoms with Crippen LogP contribution in [-0.2, 0) is 4.79 Å². The van der Waals surface area contributed by atoms with Crippen molar-refractivity contribution in [2.45, 2.75) is 6.42 Å². The molecule has 0 aliphatic carbocycles. The number of hydrogen-bond donors (Lipinski definition) is 0. The second kappa shape index (κ2) is 6.48. The van der Waals surface area contributed by atoms with Crippen molar-refractivity contribution in [3.05, 3.63) is 12.3 Å². The molecule has 7 nitrogen and oxygen atoms in total. The molecule has 0 saturated carbocycles. The van der Waals surface area contributed by atoms with Gasteiger partial charge in [-0.25, -0.2) is 4.98 Å². The molecule has 0 bridgehead atoms. The number of likely N-dealkylation sites (tertiary alicyclic amines) is 1. The molecule has 1 aromatic heterocycles. The standard InChI is InChI=1S/C15H23N5O2/c1-18-6-4-12(11-18)14(21)19-7-9-20(10-8-19)15-16-5-3-13(17-15)22-2/h3,5,12H,4,6-11H2,1-2H3/t12-/m1/s1. The molecular formula is C15H23N5O2. The van der Waals surface area contributed by atoms with E-state index in [1.807, 2.05) is 4.90 Å². The molecule has 1 amide bonds. The second-order valence-corrected chi connectivity index (χ2v) is 5.96. The Hall–Kier alpha value is -1.89. The Balaban J connectivity index is 1.56. The van der Waals surface area contributed by atoms with Crippen molar-refractivity contribution in [1.82, 2.24) is 19.8 Å². The van der Waals surface area contributed by atoms with Gasteiger partial charge in [0.2, 0.25) is 17.7 Å². The van der Waals surface area contributed by atoms with Crippen LogP contribution in [-0.4, -0.2) is 79.1 Å². The average molecular weight is 305 g/mol. The summed E-state index contributed by atoms with van der Waals surface area (Å²) < 4.78 is 5.14. The molecule has 120 valence electrons. The second-order valence-electron chi connectivity index (χ2n) is 5.96. The van der Waals surface area contributed by atoms with E-state index >= 15 is 0 Å². The van der Waals surface area contributed by atoms with Gasteiger partial charge in [0, 0.05) is 45.0 Å². The minimum atomic E-state index is 0.171. The number of aromatic nitrogens is 2. The number of nitrogens with zero attached hydrogens (tertiary/aromatic N) is 5. The van der Waals surface area contributed by atoms with Gasteiger partial charge in [-0.1, -0.05) is 0 Å². The van der Waals surface area contributed by atoms with E-state index < -0.39 is 0 Å². The third-order valence-electron chi connectivity index (χ3n) is 4.44. The molecule has 0 N–H and O–H groups in total. The lowest BCUT2D eigenvalue weighted by molar-refractivity contribution is -0.135. The Bertz CT molecular complexity index is 530. The molecule has 0 aromatic carbocycles. The largest absolute Gasteiger partial charge is 0.481 e. The number of methoxy groups -OCH3 is 1. The third kappa shape index (κ3) is 3.14. The van der Waals surface area contributed by atoms with Crippen LogP contribution in [0.2, 0.25) is 0 Å². The lowest BCUT2D eigenvalue weighted by Crippen LogP contribution is -2.51. The molecule has 2 aliphatic heterocycles. The number of hydrogen-bond acceptors (Lipinski definition) is 6. The van der Waals surface area contributed by atoms with E-state index in [1.54, 1.807) is 19.4 Å². The van der Waals surface area contributed by atoms with Crippen molar-refractivity contribution in [3.63, 3.8) is 0 Å². The quantitative estimate of drug-likeness (QED) is 0.788. The zero-order valence-electron chi connectivity index (χ0n) is 13.2. The first kappa shape index (κ1) is 15.0. The molecular weight excluding hydrogens is 282 g/mol. The van der Waals surface area contributed by atoms with E-state index in [2.05, 4.69) is 26.8 Å². The van der Waals surface area contributed by atoms with E-state index in [0.717, 1.165) is 45.7 Å². The summed E-state index contributed by atoms with van der Waals surface area (Å²) in [5.41, 5.74) is 0. The molecule has 0 unspecified atom stereocenters. The molecule has 1 aromatic rings. The van der Waals surface area contributed by atoms with E-state index in [-0.39, 0.29) is 5.92 Å². The lowest BCUT2D eigenvalue weighted by Gasteiger charge is -2.35. The van der Waals surface area contributed by atoms with Crippen LogP contribution < -0.4 is 9.64 Å². The molecule has 7 heteroatoms. The van der Waals surface area contributed by atoms with Crippen LogP contribution in [0.3, 0.4) is 0 Å². The summed E-state index contributed by atoms with van der Waals surface area (Å²) in [6, 6.07) is 1.74. The van der Waals surface area contributed by atoms with Gasteiger partial charge in [-0.05, 0) is 20.0 Å². The van der Waals surface area contributed by atoms with Crippen molar-refractivity contribution in [2.24, 2.45) is 5.92 Å². The number of piperazine rings is 1. The van der Waals surface area contributed by atoms with Gasteiger partial charge in [0.25, 0.3) is 0 Å². The molecule has 22 heavy (non-hydrogen) atoms. The zero-order valence-corrected chi connectivity index (χ0v) is 13.2. The van der Waals surface area contributed by atoms with Crippen molar-refractivity contribution in [2.75, 3.05) is 58.3 Å². The van der Waals surface area contributed by atoms with E-state index in [1.165, 1.54) is 0 Å². The Morgan fingerprint density at radius 3 is 2.68 bits per heavy atom. The van der Waals surface area contributed by atoms with Gasteiger partial charge in [0.05, 0.1) is 13.0 Å². The topological polar surface area (TPSA) is 61.8 Å². The molecule has 1 atom stereocenters. The van der Waals surface area contributed by atoms with Gasteiger partial charge >= 0.3 is 0 Å². The Morgan fingerprint density at radius 1 is 1.27 bits per heavy atom. The SMILES string of the molecule is COc1ccnc(N2CCN(C(=O)[C@@H]3CCN(C)C3)CC2)n1. The number of ether oxygens (including phenoxy) is 1. The maximum absolute atomic E-state index is 12.5. The first-order valence-corrected chi connectivity index (χ1v) is 7.76. The van der Waals surface area contributed by atoms with E-state index in [9.17, 15) is 4.79 Å². The van der Waals surface area contributed by atoms with Crippen LogP contribution in [0.4, 0.5) is 5.95 Å². The minimum absolute atomic E-state index is 0.171. The highest BCUT2D eigenvalue weighted by molar-refractivity contribution is 5.79. The average Bonchev–Trinajstić information content (AvgIpc) is 3.01. The highest BCUT2D eigenvalue weighted by Crippen LogP contribution is 2.19. The minimum Gasteiger partial charge on any atom is -0.481 e. The third-order valence-corrected chi connectivity index (χ3v) is 4.44. The van der Waals surface area contributed by atoms with Gasteiger partial charge in [-0.2, -0.15) is 4.98 Å². The van der Waals surface area contributed by atoms with Crippen LogP contribution in [0.5, 0.6) is 5.88 Å². The van der Waals surface area contributed by atoms with Gasteiger partial charge in [0.1, 0.15) is 0 Å². The fourth-order valence-electron chi connectivity index (χ4n) is 3.12. The van der Waals surface area contributed by atoms with Crippen LogP contribution in [0.15, 0.2) is 12.3 Å². The maximum atomic E-state index is 12.5. The molecule has 2 fully saturated rings. The van der Waals surface area contributed by atoms with Crippen molar-refractivity contribution >= 4 is 11.9 Å². The summed E-state index contributed by atoms with van der Waals surface area (Å²) >= 11 is 0. The number of rotatable bonds is 3. The number of carbonyl (C=O) groups excluding carboxylic acids is 1. The van der Waals surface area contributed by atoms with Crippen LogP contribution in [0.25, 0.3) is 0 Å². The Kier molecular flexibility index (Phi) is 4.42. The highest BCUT2D eigenvalue weighted by atomic mass is 16.5. The molecule has 2 saturated heterocycles. The molecule has 0 radical (unpaired) electrons. The predicted octanol–water partition coefficient (Wildman–Crippen LogP) is 0.0855. The van der Waals surface area contributed by atoms with Crippen LogP contribution in [0.1, 0.15) is 6.42 Å². The van der Waals surface area contributed by atoms with E-state index in [0.29, 0.717) is 17.7 Å². The fourth-order valence-corrected chi connectivity index (χ4v) is 3.12. The summed E-state index contributed by atoms with van der Waals surface area (Å²) in [5, 5.41) is 0. The summed E-state index contributed by atoms with van der Waals surface area (Å²) in [6.45, 7) is 4.91. The Morgan fingerprint density at radius 2 is 2.05 bits per heavy atom. The summed E-state index contributed by atoms with van der Waals surface area (Å²) in [4.78, 5) is 27.5. The lowest BCUT2D eigenvalue weighted by atomic mass is 10.1. The van der Waals surface area contributed by atoms with Crippen LogP contribution >= 0.6 is 0 Å². The molecule has 2 aliphatic rings. The van der Waals surface area contributed by atoms with Crippen LogP contribution in [0, 0.1) is 5.92 Å².